The van der Waals surface area contributed by atoms with Crippen LogP contribution in [0, 0.1) is 0 Å². The molecule has 0 aliphatic rings. The van der Waals surface area contributed by atoms with Gasteiger partial charge in [-0.25, -0.2) is 5.90 Å². The smallest absolute Gasteiger partial charge is 0.271 e. The topological polar surface area (TPSA) is 93.5 Å². The number of nitrogens with two attached hydrogens (primary N) is 1. The summed E-state index contributed by atoms with van der Waals surface area (Å²) in [6, 6.07) is 0. The minimum Gasteiger partial charge on any atom is -0.355 e. The predicted molar refractivity (Wildman–Crippen MR) is 36.9 cm³/mol. The average molecular weight is 161 g/mol. The summed E-state index contributed by atoms with van der Waals surface area (Å²) in [7, 11) is 1.41. The SMILES string of the molecule is CNC(=O)C(NC(C)=O)ON. The van der Waals surface area contributed by atoms with Crippen molar-refractivity contribution in [2.75, 3.05) is 7.05 Å². The Morgan fingerprint density at radius 1 is 1.55 bits per heavy atom. The Kier molecular flexibility index (Phi) is 4.16. The van der Waals surface area contributed by atoms with Gasteiger partial charge < -0.3 is 10.6 Å². The van der Waals surface area contributed by atoms with Gasteiger partial charge >= 0.3 is 0 Å². The van der Waals surface area contributed by atoms with Crippen molar-refractivity contribution in [2.24, 2.45) is 5.90 Å². The van der Waals surface area contributed by atoms with Gasteiger partial charge in [0.1, 0.15) is 0 Å². The van der Waals surface area contributed by atoms with E-state index in [1.165, 1.54) is 14.0 Å². The first-order chi connectivity index (χ1) is 5.11. The number of rotatable bonds is 3. The number of carbonyl (C=O) groups is 2. The molecule has 0 rings (SSSR count). The van der Waals surface area contributed by atoms with Crippen LogP contribution in [0.2, 0.25) is 0 Å². The van der Waals surface area contributed by atoms with Gasteiger partial charge in [-0.05, 0) is 0 Å². The van der Waals surface area contributed by atoms with E-state index in [-0.39, 0.29) is 5.91 Å². The van der Waals surface area contributed by atoms with Crippen LogP contribution in [0.4, 0.5) is 0 Å². The number of likely N-dealkylation sites (N-methyl/N-ethyl adjacent to an activating group) is 1. The Hall–Kier alpha value is -1.14. The van der Waals surface area contributed by atoms with Gasteiger partial charge in [-0.2, -0.15) is 0 Å². The Morgan fingerprint density at radius 2 is 2.09 bits per heavy atom. The first kappa shape index (κ1) is 9.86. The summed E-state index contributed by atoms with van der Waals surface area (Å²) in [5, 5.41) is 4.44. The van der Waals surface area contributed by atoms with Crippen molar-refractivity contribution >= 4 is 11.8 Å². The van der Waals surface area contributed by atoms with Crippen LogP contribution in [0.5, 0.6) is 0 Å². The molecular weight excluding hydrogens is 150 g/mol. The molecule has 0 saturated carbocycles. The minimum atomic E-state index is -1.11. The minimum absolute atomic E-state index is 0.385. The maximum Gasteiger partial charge on any atom is 0.271 e. The summed E-state index contributed by atoms with van der Waals surface area (Å²) in [5.74, 6) is 3.84. The molecule has 1 atom stereocenters. The van der Waals surface area contributed by atoms with Crippen molar-refractivity contribution in [2.45, 2.75) is 13.2 Å². The van der Waals surface area contributed by atoms with Crippen molar-refractivity contribution in [1.29, 1.82) is 0 Å². The zero-order valence-electron chi connectivity index (χ0n) is 6.38. The van der Waals surface area contributed by atoms with E-state index in [2.05, 4.69) is 15.5 Å². The van der Waals surface area contributed by atoms with E-state index in [4.69, 9.17) is 5.90 Å². The van der Waals surface area contributed by atoms with Crippen LogP contribution in [0.1, 0.15) is 6.92 Å². The standard InChI is InChI=1S/C5H11N3O3/c1-3(9)8-5(11-6)4(10)7-2/h5H,6H2,1-2H3,(H,7,10)(H,8,9). The lowest BCUT2D eigenvalue weighted by molar-refractivity contribution is -0.140. The lowest BCUT2D eigenvalue weighted by Gasteiger charge is -2.12. The normalized spacial score (nSPS) is 11.9. The summed E-state index contributed by atoms with van der Waals surface area (Å²) in [6.07, 6.45) is -1.11. The van der Waals surface area contributed by atoms with Gasteiger partial charge in [0, 0.05) is 14.0 Å². The van der Waals surface area contributed by atoms with Crippen molar-refractivity contribution in [3.63, 3.8) is 0 Å². The van der Waals surface area contributed by atoms with Gasteiger partial charge in [0.05, 0.1) is 0 Å². The molecule has 0 aromatic carbocycles. The quantitative estimate of drug-likeness (QED) is 0.332. The van der Waals surface area contributed by atoms with Gasteiger partial charge in [0.2, 0.25) is 12.1 Å². The molecule has 0 aromatic rings. The molecule has 0 bridgehead atoms. The molecule has 0 radical (unpaired) electrons. The third-order valence-corrected chi connectivity index (χ3v) is 0.955. The first-order valence-electron chi connectivity index (χ1n) is 2.96. The molecule has 0 saturated heterocycles. The van der Waals surface area contributed by atoms with E-state index in [1.807, 2.05) is 0 Å². The molecule has 6 heteroatoms. The van der Waals surface area contributed by atoms with Crippen molar-refractivity contribution in [3.05, 3.63) is 0 Å². The molecular formula is C5H11N3O3. The van der Waals surface area contributed by atoms with Crippen LogP contribution in [-0.4, -0.2) is 25.1 Å². The third kappa shape index (κ3) is 3.54. The highest BCUT2D eigenvalue weighted by Gasteiger charge is 2.16. The van der Waals surface area contributed by atoms with Gasteiger partial charge in [-0.3, -0.25) is 14.4 Å². The second-order valence-corrected chi connectivity index (χ2v) is 1.83. The van der Waals surface area contributed by atoms with Crippen LogP contribution in [0.15, 0.2) is 0 Å². The van der Waals surface area contributed by atoms with E-state index in [1.54, 1.807) is 0 Å². The van der Waals surface area contributed by atoms with Gasteiger partial charge in [0.15, 0.2) is 0 Å². The van der Waals surface area contributed by atoms with E-state index in [9.17, 15) is 9.59 Å². The number of hydrogen-bond donors (Lipinski definition) is 3. The predicted octanol–water partition coefficient (Wildman–Crippen LogP) is -1.92. The lowest BCUT2D eigenvalue weighted by Crippen LogP contribution is -2.47. The van der Waals surface area contributed by atoms with Crippen molar-refractivity contribution in [1.82, 2.24) is 10.6 Å². The van der Waals surface area contributed by atoms with Crippen molar-refractivity contribution < 1.29 is 14.4 Å². The molecule has 64 valence electrons. The fourth-order valence-electron chi connectivity index (χ4n) is 0.477. The summed E-state index contributed by atoms with van der Waals surface area (Å²) in [5.41, 5.74) is 0. The maximum absolute atomic E-state index is 10.7. The zero-order chi connectivity index (χ0) is 8.85. The third-order valence-electron chi connectivity index (χ3n) is 0.955. The van der Waals surface area contributed by atoms with Crippen LogP contribution in [-0.2, 0) is 14.4 Å². The molecule has 0 spiro atoms. The molecule has 0 aromatic heterocycles. The molecule has 0 aliphatic heterocycles. The number of amides is 2. The highest BCUT2D eigenvalue weighted by atomic mass is 16.6. The van der Waals surface area contributed by atoms with E-state index >= 15 is 0 Å². The summed E-state index contributed by atoms with van der Waals surface area (Å²) in [4.78, 5) is 25.3. The molecule has 11 heavy (non-hydrogen) atoms. The maximum atomic E-state index is 10.7. The second kappa shape index (κ2) is 4.64. The summed E-state index contributed by atoms with van der Waals surface area (Å²) in [6.45, 7) is 1.26. The molecule has 4 N–H and O–H groups in total. The zero-order valence-corrected chi connectivity index (χ0v) is 6.38. The van der Waals surface area contributed by atoms with Gasteiger partial charge in [-0.15, -0.1) is 0 Å². The Labute approximate surface area is 64.0 Å². The largest absolute Gasteiger partial charge is 0.355 e. The highest BCUT2D eigenvalue weighted by molar-refractivity contribution is 5.85. The fourth-order valence-corrected chi connectivity index (χ4v) is 0.477. The number of nitrogens with one attached hydrogen (secondary N) is 2. The van der Waals surface area contributed by atoms with Crippen LogP contribution < -0.4 is 16.5 Å². The van der Waals surface area contributed by atoms with Gasteiger partial charge in [-0.1, -0.05) is 0 Å². The van der Waals surface area contributed by atoms with E-state index in [0.717, 1.165) is 0 Å². The highest BCUT2D eigenvalue weighted by Crippen LogP contribution is 1.81. The van der Waals surface area contributed by atoms with Crippen LogP contribution >= 0.6 is 0 Å². The van der Waals surface area contributed by atoms with Crippen molar-refractivity contribution in [3.8, 4) is 0 Å². The van der Waals surface area contributed by atoms with Gasteiger partial charge in [0.25, 0.3) is 5.91 Å². The van der Waals surface area contributed by atoms with Crippen LogP contribution in [0.25, 0.3) is 0 Å². The van der Waals surface area contributed by atoms with E-state index < -0.39 is 12.1 Å². The molecule has 0 fully saturated rings. The Balaban J connectivity index is 3.94. The van der Waals surface area contributed by atoms with Crippen LogP contribution in [0.3, 0.4) is 0 Å². The molecule has 6 nitrogen and oxygen atoms in total. The summed E-state index contributed by atoms with van der Waals surface area (Å²) < 4.78 is 0. The molecule has 0 heterocycles. The lowest BCUT2D eigenvalue weighted by atomic mass is 10.5. The average Bonchev–Trinajstić information content (AvgIpc) is 1.98. The molecule has 1 unspecified atom stereocenters. The number of hydrogen-bond acceptors (Lipinski definition) is 4. The first-order valence-corrected chi connectivity index (χ1v) is 2.96. The molecule has 0 aliphatic carbocycles. The Morgan fingerprint density at radius 3 is 2.36 bits per heavy atom. The summed E-state index contributed by atoms with van der Waals surface area (Å²) >= 11 is 0. The molecule has 2 amide bonds. The monoisotopic (exact) mass is 161 g/mol. The number of carbonyl (C=O) groups excluding carboxylic acids is 2. The van der Waals surface area contributed by atoms with E-state index in [0.29, 0.717) is 0 Å². The Bertz CT molecular complexity index is 159. The fraction of sp³-hybridized carbons (Fsp3) is 0.600. The second-order valence-electron chi connectivity index (χ2n) is 1.83.